The molecule has 1 saturated heterocycles. The van der Waals surface area contributed by atoms with Crippen molar-refractivity contribution in [2.75, 3.05) is 12.3 Å². The first-order valence-electron chi connectivity index (χ1n) is 7.47. The molecule has 2 N–H and O–H groups in total. The molecule has 0 radical (unpaired) electrons. The number of nitrogens with two attached hydrogens (primary N) is 1. The number of carbonyl (C=O) groups is 1. The lowest BCUT2D eigenvalue weighted by Gasteiger charge is -2.31. The van der Waals surface area contributed by atoms with Crippen molar-refractivity contribution in [1.82, 2.24) is 9.47 Å². The molecule has 19 heavy (non-hydrogen) atoms. The van der Waals surface area contributed by atoms with Crippen LogP contribution in [0.1, 0.15) is 49.5 Å². The first-order valence-corrected chi connectivity index (χ1v) is 7.47. The van der Waals surface area contributed by atoms with Crippen molar-refractivity contribution in [2.45, 2.75) is 51.6 Å². The molecule has 1 aromatic heterocycles. The molecule has 1 amide bonds. The second-order valence-electron chi connectivity index (χ2n) is 5.84. The van der Waals surface area contributed by atoms with Crippen molar-refractivity contribution in [3.05, 3.63) is 18.0 Å². The lowest BCUT2D eigenvalue weighted by atomic mass is 9.85. The Kier molecular flexibility index (Phi) is 3.25. The molecule has 0 aromatic carbocycles. The van der Waals surface area contributed by atoms with Crippen molar-refractivity contribution in [1.29, 1.82) is 0 Å². The molecule has 0 spiro atoms. The molecule has 2 fully saturated rings. The maximum absolute atomic E-state index is 12.7. The van der Waals surface area contributed by atoms with E-state index >= 15 is 0 Å². The van der Waals surface area contributed by atoms with E-state index in [-0.39, 0.29) is 5.91 Å². The van der Waals surface area contributed by atoms with E-state index in [1.54, 1.807) is 0 Å². The number of carbonyl (C=O) groups excluding carboxylic acids is 1. The standard InChI is InChI=1S/C15H23N3O/c1-2-17-10-12(16)9-14(17)15(19)18-8-7-11-5-3-4-6-13(11)18/h9-11,13H,2-8,16H2,1H3. The Labute approximate surface area is 114 Å². The third-order valence-corrected chi connectivity index (χ3v) is 4.75. The Bertz CT molecular complexity index is 480. The third-order valence-electron chi connectivity index (χ3n) is 4.75. The van der Waals surface area contributed by atoms with Crippen LogP contribution in [0.3, 0.4) is 0 Å². The van der Waals surface area contributed by atoms with Crippen LogP contribution in [-0.2, 0) is 6.54 Å². The molecule has 2 atom stereocenters. The molecule has 4 heteroatoms. The smallest absolute Gasteiger partial charge is 0.270 e. The highest BCUT2D eigenvalue weighted by Crippen LogP contribution is 2.37. The van der Waals surface area contributed by atoms with Crippen LogP contribution in [0, 0.1) is 5.92 Å². The predicted octanol–water partition coefficient (Wildman–Crippen LogP) is 2.49. The van der Waals surface area contributed by atoms with Gasteiger partial charge in [-0.2, -0.15) is 0 Å². The molecule has 104 valence electrons. The summed E-state index contributed by atoms with van der Waals surface area (Å²) in [6, 6.07) is 2.30. The third kappa shape index (κ3) is 2.13. The zero-order valence-electron chi connectivity index (χ0n) is 11.6. The maximum atomic E-state index is 12.7. The van der Waals surface area contributed by atoms with Crippen LogP contribution in [-0.4, -0.2) is 28.0 Å². The minimum absolute atomic E-state index is 0.174. The van der Waals surface area contributed by atoms with Crippen LogP contribution in [0.15, 0.2) is 12.3 Å². The summed E-state index contributed by atoms with van der Waals surface area (Å²) in [4.78, 5) is 14.8. The van der Waals surface area contributed by atoms with Crippen molar-refractivity contribution in [3.63, 3.8) is 0 Å². The van der Waals surface area contributed by atoms with Gasteiger partial charge in [-0.1, -0.05) is 12.8 Å². The van der Waals surface area contributed by atoms with Crippen LogP contribution in [0.4, 0.5) is 5.69 Å². The van der Waals surface area contributed by atoms with Gasteiger partial charge in [0.05, 0.1) is 5.69 Å². The van der Waals surface area contributed by atoms with Crippen LogP contribution < -0.4 is 5.73 Å². The quantitative estimate of drug-likeness (QED) is 0.889. The van der Waals surface area contributed by atoms with Gasteiger partial charge in [-0.15, -0.1) is 0 Å². The molecule has 1 aliphatic heterocycles. The number of nitrogens with zero attached hydrogens (tertiary/aromatic N) is 2. The van der Waals surface area contributed by atoms with E-state index < -0.39 is 0 Å². The summed E-state index contributed by atoms with van der Waals surface area (Å²) in [5, 5.41) is 0. The number of hydrogen-bond donors (Lipinski definition) is 1. The fourth-order valence-electron chi connectivity index (χ4n) is 3.78. The van der Waals surface area contributed by atoms with Crippen molar-refractivity contribution in [2.24, 2.45) is 5.92 Å². The van der Waals surface area contributed by atoms with E-state index in [9.17, 15) is 4.79 Å². The van der Waals surface area contributed by atoms with Crippen molar-refractivity contribution >= 4 is 11.6 Å². The molecule has 2 heterocycles. The summed E-state index contributed by atoms with van der Waals surface area (Å²) in [7, 11) is 0. The van der Waals surface area contributed by atoms with E-state index in [0.29, 0.717) is 11.7 Å². The molecule has 0 bridgehead atoms. The second-order valence-corrected chi connectivity index (χ2v) is 5.84. The molecule has 3 rings (SSSR count). The normalized spacial score (nSPS) is 26.5. The number of rotatable bonds is 2. The molecule has 2 aliphatic rings. The number of nitrogen functional groups attached to an aromatic ring is 1. The number of hydrogen-bond acceptors (Lipinski definition) is 2. The van der Waals surface area contributed by atoms with Gasteiger partial charge in [0.1, 0.15) is 5.69 Å². The average molecular weight is 261 g/mol. The van der Waals surface area contributed by atoms with E-state index in [2.05, 4.69) is 4.90 Å². The zero-order valence-corrected chi connectivity index (χ0v) is 11.6. The topological polar surface area (TPSA) is 51.3 Å². The second kappa shape index (κ2) is 4.91. The van der Waals surface area contributed by atoms with Crippen molar-refractivity contribution in [3.8, 4) is 0 Å². The Morgan fingerprint density at radius 1 is 1.37 bits per heavy atom. The van der Waals surface area contributed by atoms with E-state index in [4.69, 9.17) is 5.73 Å². The van der Waals surface area contributed by atoms with E-state index in [1.165, 1.54) is 32.1 Å². The molecule has 4 nitrogen and oxygen atoms in total. The minimum Gasteiger partial charge on any atom is -0.397 e. The zero-order chi connectivity index (χ0) is 13.4. The fraction of sp³-hybridized carbons (Fsp3) is 0.667. The first-order chi connectivity index (χ1) is 9.20. The molecule has 1 saturated carbocycles. The van der Waals surface area contributed by atoms with Gasteiger partial charge in [0.25, 0.3) is 5.91 Å². The van der Waals surface area contributed by atoms with Crippen LogP contribution in [0.5, 0.6) is 0 Å². The summed E-state index contributed by atoms with van der Waals surface area (Å²) in [6.45, 7) is 3.76. The summed E-state index contributed by atoms with van der Waals surface area (Å²) < 4.78 is 1.97. The first kappa shape index (κ1) is 12.6. The summed E-state index contributed by atoms with van der Waals surface area (Å²) in [5.74, 6) is 0.910. The maximum Gasteiger partial charge on any atom is 0.270 e. The lowest BCUT2D eigenvalue weighted by molar-refractivity contribution is 0.0679. The molecule has 1 aliphatic carbocycles. The monoisotopic (exact) mass is 261 g/mol. The Balaban J connectivity index is 1.83. The molecular weight excluding hydrogens is 238 g/mol. The minimum atomic E-state index is 0.174. The van der Waals surface area contributed by atoms with Crippen LogP contribution in [0.2, 0.25) is 0 Å². The van der Waals surface area contributed by atoms with Crippen molar-refractivity contribution < 1.29 is 4.79 Å². The largest absolute Gasteiger partial charge is 0.397 e. The summed E-state index contributed by atoms with van der Waals surface area (Å²) >= 11 is 0. The van der Waals surface area contributed by atoms with Gasteiger partial charge >= 0.3 is 0 Å². The number of anilines is 1. The molecular formula is C15H23N3O. The lowest BCUT2D eigenvalue weighted by Crippen LogP contribution is -2.40. The van der Waals surface area contributed by atoms with E-state index in [1.807, 2.05) is 23.8 Å². The predicted molar refractivity (Wildman–Crippen MR) is 75.9 cm³/mol. The number of fused-ring (bicyclic) bond motifs is 1. The number of amides is 1. The number of aromatic nitrogens is 1. The molecule has 2 unspecified atom stereocenters. The summed E-state index contributed by atoms with van der Waals surface area (Å²) in [6.07, 6.45) is 8.12. The number of likely N-dealkylation sites (tertiary alicyclic amines) is 1. The Hall–Kier alpha value is -1.45. The van der Waals surface area contributed by atoms with Gasteiger partial charge in [0.15, 0.2) is 0 Å². The molecule has 1 aromatic rings. The SMILES string of the molecule is CCn1cc(N)cc1C(=O)N1CCC2CCCCC21. The van der Waals surface area contributed by atoms with Gasteiger partial charge < -0.3 is 15.2 Å². The van der Waals surface area contributed by atoms with Crippen LogP contribution in [0.25, 0.3) is 0 Å². The van der Waals surface area contributed by atoms with Gasteiger partial charge in [-0.05, 0) is 38.2 Å². The summed E-state index contributed by atoms with van der Waals surface area (Å²) in [5.41, 5.74) is 7.27. The highest BCUT2D eigenvalue weighted by atomic mass is 16.2. The average Bonchev–Trinajstić information content (AvgIpc) is 3.01. The van der Waals surface area contributed by atoms with Gasteiger partial charge in [0.2, 0.25) is 0 Å². The fourth-order valence-corrected chi connectivity index (χ4v) is 3.78. The van der Waals surface area contributed by atoms with Crippen LogP contribution >= 0.6 is 0 Å². The van der Waals surface area contributed by atoms with E-state index in [0.717, 1.165) is 24.7 Å². The Morgan fingerprint density at radius 3 is 2.95 bits per heavy atom. The number of aryl methyl sites for hydroxylation is 1. The highest BCUT2D eigenvalue weighted by Gasteiger charge is 2.39. The van der Waals surface area contributed by atoms with Gasteiger partial charge in [0, 0.05) is 25.3 Å². The van der Waals surface area contributed by atoms with Gasteiger partial charge in [-0.3, -0.25) is 4.79 Å². The Morgan fingerprint density at radius 2 is 2.16 bits per heavy atom. The van der Waals surface area contributed by atoms with Gasteiger partial charge in [-0.25, -0.2) is 0 Å². The highest BCUT2D eigenvalue weighted by molar-refractivity contribution is 5.94.